The smallest absolute Gasteiger partial charge is 0.0915 e. The number of nitrogens with zero attached hydrogens (tertiary/aromatic N) is 1. The molecule has 2 rings (SSSR count). The zero-order chi connectivity index (χ0) is 12.4. The van der Waals surface area contributed by atoms with E-state index in [-0.39, 0.29) is 0 Å². The number of fused-ring (bicyclic) bond motifs is 1. The summed E-state index contributed by atoms with van der Waals surface area (Å²) in [5.41, 5.74) is 3.75. The van der Waals surface area contributed by atoms with E-state index in [9.17, 15) is 0 Å². The van der Waals surface area contributed by atoms with E-state index in [1.54, 1.807) is 7.11 Å². The number of ether oxygens (including phenoxy) is 1. The molecule has 0 unspecified atom stereocenters. The van der Waals surface area contributed by atoms with Crippen molar-refractivity contribution in [3.8, 4) is 0 Å². The van der Waals surface area contributed by atoms with Crippen LogP contribution in [0.4, 0.5) is 5.69 Å². The largest absolute Gasteiger partial charge is 0.388 e. The number of benzene rings is 1. The van der Waals surface area contributed by atoms with Gasteiger partial charge in [-0.15, -0.1) is 0 Å². The summed E-state index contributed by atoms with van der Waals surface area (Å²) in [6.07, 6.45) is 0. The second kappa shape index (κ2) is 4.90. The minimum absolute atomic E-state index is 0.481. The molecule has 0 fully saturated rings. The van der Waals surface area contributed by atoms with Crippen LogP contribution in [0.15, 0.2) is 18.2 Å². The van der Waals surface area contributed by atoms with Crippen molar-refractivity contribution in [3.05, 3.63) is 34.5 Å². The first kappa shape index (κ1) is 12.1. The average Bonchev–Trinajstić information content (AvgIpc) is 2.34. The van der Waals surface area contributed by atoms with Gasteiger partial charge in [-0.1, -0.05) is 23.7 Å². The zero-order valence-electron chi connectivity index (χ0n) is 10.2. The molecule has 0 saturated heterocycles. The van der Waals surface area contributed by atoms with Crippen LogP contribution in [-0.4, -0.2) is 19.1 Å². The fourth-order valence-corrected chi connectivity index (χ4v) is 2.05. The number of nitrogens with one attached hydrogen (secondary N) is 1. The standard InChI is InChI=1S/C13H15ClN2O/c1-8-4-5-10-11(15-2)6-9(7-17-3)16-13(10)12(8)14/h4-6H,7H2,1-3H3,(H,15,16). The van der Waals surface area contributed by atoms with Crippen LogP contribution < -0.4 is 5.32 Å². The summed E-state index contributed by atoms with van der Waals surface area (Å²) in [7, 11) is 3.54. The number of rotatable bonds is 3. The van der Waals surface area contributed by atoms with Crippen LogP contribution in [0.2, 0.25) is 5.02 Å². The summed E-state index contributed by atoms with van der Waals surface area (Å²) in [5.74, 6) is 0. The third-order valence-corrected chi connectivity index (χ3v) is 3.20. The Hall–Kier alpha value is -1.32. The van der Waals surface area contributed by atoms with Crippen molar-refractivity contribution >= 4 is 28.2 Å². The van der Waals surface area contributed by atoms with E-state index in [1.165, 1.54) is 0 Å². The molecule has 0 bridgehead atoms. The van der Waals surface area contributed by atoms with E-state index >= 15 is 0 Å². The van der Waals surface area contributed by atoms with Gasteiger partial charge in [0.25, 0.3) is 0 Å². The molecule has 1 aromatic heterocycles. The van der Waals surface area contributed by atoms with Gasteiger partial charge in [-0.25, -0.2) is 4.98 Å². The Bertz CT molecular complexity index is 555. The van der Waals surface area contributed by atoms with Gasteiger partial charge in [-0.3, -0.25) is 0 Å². The van der Waals surface area contributed by atoms with E-state index in [0.29, 0.717) is 11.6 Å². The maximum absolute atomic E-state index is 6.30. The molecule has 0 aliphatic heterocycles. The molecule has 3 nitrogen and oxygen atoms in total. The Morgan fingerprint density at radius 1 is 1.41 bits per heavy atom. The van der Waals surface area contributed by atoms with Crippen LogP contribution in [0.1, 0.15) is 11.3 Å². The molecule has 1 heterocycles. The number of halogens is 1. The molecule has 0 radical (unpaired) electrons. The Morgan fingerprint density at radius 2 is 2.18 bits per heavy atom. The van der Waals surface area contributed by atoms with E-state index in [4.69, 9.17) is 16.3 Å². The van der Waals surface area contributed by atoms with Crippen LogP contribution in [0.5, 0.6) is 0 Å². The van der Waals surface area contributed by atoms with Gasteiger partial charge in [0.2, 0.25) is 0 Å². The lowest BCUT2D eigenvalue weighted by Gasteiger charge is -2.11. The molecule has 0 aliphatic carbocycles. The van der Waals surface area contributed by atoms with Crippen molar-refractivity contribution in [2.24, 2.45) is 0 Å². The van der Waals surface area contributed by atoms with Crippen LogP contribution >= 0.6 is 11.6 Å². The number of methoxy groups -OCH3 is 1. The van der Waals surface area contributed by atoms with Crippen molar-refractivity contribution in [1.82, 2.24) is 4.98 Å². The number of hydrogen-bond donors (Lipinski definition) is 1. The zero-order valence-corrected chi connectivity index (χ0v) is 10.9. The van der Waals surface area contributed by atoms with Gasteiger partial charge in [-0.05, 0) is 18.6 Å². The van der Waals surface area contributed by atoms with Gasteiger partial charge in [0.1, 0.15) is 0 Å². The van der Waals surface area contributed by atoms with Crippen LogP contribution in [0, 0.1) is 6.92 Å². The van der Waals surface area contributed by atoms with Gasteiger partial charge in [0, 0.05) is 25.2 Å². The van der Waals surface area contributed by atoms with Crippen LogP contribution in [0.3, 0.4) is 0 Å². The molecule has 17 heavy (non-hydrogen) atoms. The Kier molecular flexibility index (Phi) is 3.50. The summed E-state index contributed by atoms with van der Waals surface area (Å²) in [6.45, 7) is 2.46. The Balaban J connectivity index is 2.73. The average molecular weight is 251 g/mol. The number of aryl methyl sites for hydroxylation is 1. The van der Waals surface area contributed by atoms with E-state index < -0.39 is 0 Å². The summed E-state index contributed by atoms with van der Waals surface area (Å²) in [4.78, 5) is 4.54. The van der Waals surface area contributed by atoms with Crippen molar-refractivity contribution < 1.29 is 4.74 Å². The highest BCUT2D eigenvalue weighted by molar-refractivity contribution is 6.36. The first-order valence-corrected chi connectivity index (χ1v) is 5.80. The van der Waals surface area contributed by atoms with Crippen molar-refractivity contribution in [2.75, 3.05) is 19.5 Å². The van der Waals surface area contributed by atoms with Crippen LogP contribution in [-0.2, 0) is 11.3 Å². The van der Waals surface area contributed by atoms with Crippen molar-refractivity contribution in [1.29, 1.82) is 0 Å². The molecule has 0 spiro atoms. The normalized spacial score (nSPS) is 10.8. The highest BCUT2D eigenvalue weighted by Crippen LogP contribution is 2.30. The first-order valence-electron chi connectivity index (χ1n) is 5.42. The van der Waals surface area contributed by atoms with Crippen molar-refractivity contribution in [2.45, 2.75) is 13.5 Å². The summed E-state index contributed by atoms with van der Waals surface area (Å²) < 4.78 is 5.11. The first-order chi connectivity index (χ1) is 8.17. The van der Waals surface area contributed by atoms with E-state index in [2.05, 4.69) is 10.3 Å². The monoisotopic (exact) mass is 250 g/mol. The third kappa shape index (κ3) is 2.21. The maximum Gasteiger partial charge on any atom is 0.0915 e. The highest BCUT2D eigenvalue weighted by Gasteiger charge is 2.09. The van der Waals surface area contributed by atoms with Crippen molar-refractivity contribution in [3.63, 3.8) is 0 Å². The molecule has 90 valence electrons. The molecule has 4 heteroatoms. The molecule has 0 amide bonds. The van der Waals surface area contributed by atoms with Gasteiger partial charge >= 0.3 is 0 Å². The number of anilines is 1. The lowest BCUT2D eigenvalue weighted by Crippen LogP contribution is -1.98. The summed E-state index contributed by atoms with van der Waals surface area (Å²) >= 11 is 6.30. The topological polar surface area (TPSA) is 34.1 Å². The fourth-order valence-electron chi connectivity index (χ4n) is 1.84. The molecular weight excluding hydrogens is 236 g/mol. The van der Waals surface area contributed by atoms with Gasteiger partial charge in [0.05, 0.1) is 22.8 Å². The quantitative estimate of drug-likeness (QED) is 0.907. The lowest BCUT2D eigenvalue weighted by molar-refractivity contribution is 0.182. The van der Waals surface area contributed by atoms with Gasteiger partial charge in [0.15, 0.2) is 0 Å². The summed E-state index contributed by atoms with van der Waals surface area (Å²) in [5, 5.41) is 4.90. The third-order valence-electron chi connectivity index (χ3n) is 2.73. The number of aromatic nitrogens is 1. The molecule has 2 aromatic rings. The Labute approximate surface area is 106 Å². The number of hydrogen-bond acceptors (Lipinski definition) is 3. The predicted molar refractivity (Wildman–Crippen MR) is 71.7 cm³/mol. The van der Waals surface area contributed by atoms with Gasteiger partial charge in [-0.2, -0.15) is 0 Å². The van der Waals surface area contributed by atoms with E-state index in [1.807, 2.05) is 32.2 Å². The van der Waals surface area contributed by atoms with Gasteiger partial charge < -0.3 is 10.1 Å². The maximum atomic E-state index is 6.30. The second-order valence-corrected chi connectivity index (χ2v) is 4.31. The SMILES string of the molecule is CNc1cc(COC)nc2c(Cl)c(C)ccc12. The molecular formula is C13H15ClN2O. The second-order valence-electron chi connectivity index (χ2n) is 3.94. The molecule has 1 aromatic carbocycles. The highest BCUT2D eigenvalue weighted by atomic mass is 35.5. The number of pyridine rings is 1. The van der Waals surface area contributed by atoms with E-state index in [0.717, 1.165) is 27.8 Å². The fraction of sp³-hybridized carbons (Fsp3) is 0.308. The van der Waals surface area contributed by atoms with Crippen LogP contribution in [0.25, 0.3) is 10.9 Å². The predicted octanol–water partition coefficient (Wildman–Crippen LogP) is 3.38. The molecule has 0 atom stereocenters. The molecule has 1 N–H and O–H groups in total. The Morgan fingerprint density at radius 3 is 2.82 bits per heavy atom. The molecule has 0 saturated carbocycles. The molecule has 0 aliphatic rings. The lowest BCUT2D eigenvalue weighted by atomic mass is 10.1. The summed E-state index contributed by atoms with van der Waals surface area (Å²) in [6, 6.07) is 6.02. The minimum atomic E-state index is 0.481. The minimum Gasteiger partial charge on any atom is -0.388 e.